The summed E-state index contributed by atoms with van der Waals surface area (Å²) < 4.78 is 24.3. The van der Waals surface area contributed by atoms with Crippen molar-refractivity contribution in [2.24, 2.45) is 0 Å². The van der Waals surface area contributed by atoms with Crippen LogP contribution in [0, 0.1) is 5.82 Å². The molecule has 108 valence electrons. The molecule has 0 aliphatic carbocycles. The largest absolute Gasteiger partial charge is 0.377 e. The Hall–Kier alpha value is -1.50. The van der Waals surface area contributed by atoms with Crippen LogP contribution < -0.4 is 10.2 Å². The molecule has 0 saturated carbocycles. The Morgan fingerprint density at radius 2 is 2.10 bits per heavy atom. The predicted octanol–water partition coefficient (Wildman–Crippen LogP) is 0.548. The Balaban J connectivity index is 1.82. The number of ether oxygens (including phenoxy) is 2. The lowest BCUT2D eigenvalue weighted by Crippen LogP contribution is -2.60. The highest BCUT2D eigenvalue weighted by molar-refractivity contribution is 5.95. The fourth-order valence-electron chi connectivity index (χ4n) is 2.54. The van der Waals surface area contributed by atoms with E-state index in [4.69, 9.17) is 9.47 Å². The van der Waals surface area contributed by atoms with E-state index >= 15 is 0 Å². The average Bonchev–Trinajstić information content (AvgIpc) is 2.69. The van der Waals surface area contributed by atoms with Gasteiger partial charge in [0.25, 0.3) is 5.91 Å². The molecule has 2 heterocycles. The second kappa shape index (κ2) is 5.47. The van der Waals surface area contributed by atoms with Gasteiger partial charge in [0.15, 0.2) is 0 Å². The lowest BCUT2D eigenvalue weighted by atomic mass is 10.0. The number of carbonyl (C=O) groups excluding carboxylic acids is 1. The molecular formula is C14H17FN2O3. The second-order valence-corrected chi connectivity index (χ2v) is 5.16. The maximum atomic E-state index is 13.0. The first kappa shape index (κ1) is 13.5. The van der Waals surface area contributed by atoms with Gasteiger partial charge >= 0.3 is 0 Å². The summed E-state index contributed by atoms with van der Waals surface area (Å²) in [6.07, 6.45) is 0. The van der Waals surface area contributed by atoms with E-state index in [2.05, 4.69) is 5.32 Å². The fourth-order valence-corrected chi connectivity index (χ4v) is 2.54. The highest BCUT2D eigenvalue weighted by Crippen LogP contribution is 2.25. The second-order valence-electron chi connectivity index (χ2n) is 5.16. The first-order chi connectivity index (χ1) is 9.69. The van der Waals surface area contributed by atoms with Crippen molar-refractivity contribution in [1.29, 1.82) is 0 Å². The molecule has 0 unspecified atom stereocenters. The van der Waals surface area contributed by atoms with E-state index in [9.17, 15) is 9.18 Å². The summed E-state index contributed by atoms with van der Waals surface area (Å²) in [5.41, 5.74) is 0.155. The molecule has 2 fully saturated rings. The van der Waals surface area contributed by atoms with Gasteiger partial charge in [-0.2, -0.15) is 0 Å². The summed E-state index contributed by atoms with van der Waals surface area (Å²) in [7, 11) is 0. The van der Waals surface area contributed by atoms with E-state index in [1.165, 1.54) is 12.1 Å². The van der Waals surface area contributed by atoms with Crippen molar-refractivity contribution >= 4 is 11.6 Å². The highest BCUT2D eigenvalue weighted by Gasteiger charge is 2.41. The van der Waals surface area contributed by atoms with Crippen molar-refractivity contribution in [1.82, 2.24) is 5.32 Å². The number of rotatable bonds is 1. The van der Waals surface area contributed by atoms with Crippen LogP contribution in [0.3, 0.4) is 0 Å². The van der Waals surface area contributed by atoms with Gasteiger partial charge < -0.3 is 19.7 Å². The third kappa shape index (κ3) is 2.67. The number of hydrogen-bond acceptors (Lipinski definition) is 4. The smallest absolute Gasteiger partial charge is 0.253 e. The van der Waals surface area contributed by atoms with E-state index in [0.29, 0.717) is 32.0 Å². The van der Waals surface area contributed by atoms with Gasteiger partial charge in [0.1, 0.15) is 18.0 Å². The summed E-state index contributed by atoms with van der Waals surface area (Å²) in [4.78, 5) is 13.7. The van der Waals surface area contributed by atoms with E-state index < -0.39 is 5.60 Å². The first-order valence-electron chi connectivity index (χ1n) is 6.67. The summed E-state index contributed by atoms with van der Waals surface area (Å²) in [5, 5.41) is 3.26. The topological polar surface area (TPSA) is 50.8 Å². The van der Waals surface area contributed by atoms with Gasteiger partial charge in [-0.05, 0) is 24.3 Å². The molecule has 1 atom stereocenters. The molecule has 6 heteroatoms. The molecule has 0 bridgehead atoms. The van der Waals surface area contributed by atoms with Crippen molar-refractivity contribution in [3.05, 3.63) is 30.1 Å². The molecule has 0 radical (unpaired) electrons. The Bertz CT molecular complexity index is 484. The Morgan fingerprint density at radius 1 is 1.30 bits per heavy atom. The minimum absolute atomic E-state index is 0.0163. The molecule has 1 amide bonds. The maximum absolute atomic E-state index is 13.0. The number of halogens is 1. The number of hydrogen-bond donors (Lipinski definition) is 1. The van der Waals surface area contributed by atoms with E-state index in [-0.39, 0.29) is 18.3 Å². The van der Waals surface area contributed by atoms with Gasteiger partial charge in [0.05, 0.1) is 19.8 Å². The molecule has 20 heavy (non-hydrogen) atoms. The number of nitrogens with zero attached hydrogens (tertiary/aromatic N) is 1. The van der Waals surface area contributed by atoms with Crippen LogP contribution in [0.4, 0.5) is 10.1 Å². The predicted molar refractivity (Wildman–Crippen MR) is 71.1 cm³/mol. The monoisotopic (exact) mass is 280 g/mol. The van der Waals surface area contributed by atoms with Crippen LogP contribution in [-0.2, 0) is 14.3 Å². The quantitative estimate of drug-likeness (QED) is 0.816. The zero-order valence-electron chi connectivity index (χ0n) is 11.1. The normalized spacial score (nSPS) is 27.6. The van der Waals surface area contributed by atoms with Crippen LogP contribution in [0.5, 0.6) is 0 Å². The zero-order chi connectivity index (χ0) is 14.0. The lowest BCUT2D eigenvalue weighted by Gasteiger charge is -2.41. The van der Waals surface area contributed by atoms with Gasteiger partial charge in [-0.25, -0.2) is 4.39 Å². The van der Waals surface area contributed by atoms with Crippen molar-refractivity contribution in [2.45, 2.75) is 5.60 Å². The Labute approximate surface area is 116 Å². The van der Waals surface area contributed by atoms with Gasteiger partial charge in [0, 0.05) is 18.8 Å². The molecule has 2 aliphatic heterocycles. The third-order valence-corrected chi connectivity index (χ3v) is 3.62. The van der Waals surface area contributed by atoms with Crippen LogP contribution in [0.1, 0.15) is 0 Å². The summed E-state index contributed by atoms with van der Waals surface area (Å²) in [6, 6.07) is 5.92. The molecule has 1 N–H and O–H groups in total. The number of amides is 1. The van der Waals surface area contributed by atoms with Gasteiger partial charge in [0.2, 0.25) is 0 Å². The summed E-state index contributed by atoms with van der Waals surface area (Å²) >= 11 is 0. The summed E-state index contributed by atoms with van der Waals surface area (Å²) in [5.74, 6) is -0.435. The van der Waals surface area contributed by atoms with E-state index in [1.54, 1.807) is 17.0 Å². The molecule has 3 rings (SSSR count). The fraction of sp³-hybridized carbons (Fsp3) is 0.500. The molecule has 0 aromatic heterocycles. The minimum Gasteiger partial charge on any atom is -0.377 e. The first-order valence-corrected chi connectivity index (χ1v) is 6.67. The number of benzene rings is 1. The highest BCUT2D eigenvalue weighted by atomic mass is 19.1. The van der Waals surface area contributed by atoms with Gasteiger partial charge in [-0.3, -0.25) is 4.79 Å². The van der Waals surface area contributed by atoms with Gasteiger partial charge in [-0.1, -0.05) is 0 Å². The SMILES string of the molecule is O=C1CO[C@@]2(CNCCOC2)CN1c1ccc(F)cc1. The molecule has 2 aliphatic rings. The third-order valence-electron chi connectivity index (χ3n) is 3.62. The molecule has 1 spiro atoms. The Kier molecular flexibility index (Phi) is 3.69. The molecule has 2 saturated heterocycles. The minimum atomic E-state index is -0.529. The standard InChI is InChI=1S/C14H17FN2O3/c15-11-1-3-12(4-2-11)17-9-14(20-7-13(17)18)8-16-5-6-19-10-14/h1-4,16H,5-10H2/t14-/m0/s1. The van der Waals surface area contributed by atoms with Crippen molar-refractivity contribution < 1.29 is 18.7 Å². The number of morpholine rings is 1. The van der Waals surface area contributed by atoms with Crippen LogP contribution in [0.2, 0.25) is 0 Å². The zero-order valence-corrected chi connectivity index (χ0v) is 11.1. The number of nitrogens with one attached hydrogen (secondary N) is 1. The van der Waals surface area contributed by atoms with Crippen molar-refractivity contribution in [2.75, 3.05) is 44.4 Å². The molecule has 1 aromatic rings. The molecule has 1 aromatic carbocycles. The van der Waals surface area contributed by atoms with Crippen LogP contribution in [-0.4, -0.2) is 51.0 Å². The van der Waals surface area contributed by atoms with E-state index in [0.717, 1.165) is 6.54 Å². The molecular weight excluding hydrogens is 263 g/mol. The summed E-state index contributed by atoms with van der Waals surface area (Å²) in [6.45, 7) is 2.92. The van der Waals surface area contributed by atoms with Gasteiger partial charge in [-0.15, -0.1) is 0 Å². The van der Waals surface area contributed by atoms with E-state index in [1.807, 2.05) is 0 Å². The van der Waals surface area contributed by atoms with Crippen molar-refractivity contribution in [3.63, 3.8) is 0 Å². The molecule has 5 nitrogen and oxygen atoms in total. The maximum Gasteiger partial charge on any atom is 0.253 e. The number of carbonyl (C=O) groups is 1. The Morgan fingerprint density at radius 3 is 2.90 bits per heavy atom. The average molecular weight is 280 g/mol. The van der Waals surface area contributed by atoms with Crippen molar-refractivity contribution in [3.8, 4) is 0 Å². The van der Waals surface area contributed by atoms with Crippen LogP contribution >= 0.6 is 0 Å². The number of anilines is 1. The van der Waals surface area contributed by atoms with Crippen LogP contribution in [0.25, 0.3) is 0 Å². The lowest BCUT2D eigenvalue weighted by molar-refractivity contribution is -0.144. The van der Waals surface area contributed by atoms with Crippen LogP contribution in [0.15, 0.2) is 24.3 Å².